The molecule has 1 aliphatic rings. The predicted octanol–water partition coefficient (Wildman–Crippen LogP) is 5.30. The second kappa shape index (κ2) is 10.5. The smallest absolute Gasteiger partial charge is 0.167 e. The van der Waals surface area contributed by atoms with Gasteiger partial charge in [-0.3, -0.25) is 9.69 Å². The zero-order valence-electron chi connectivity index (χ0n) is 17.3. The monoisotopic (exact) mass is 478 g/mol. The predicted molar refractivity (Wildman–Crippen MR) is 130 cm³/mol. The van der Waals surface area contributed by atoms with Gasteiger partial charge in [-0.2, -0.15) is 5.10 Å². The van der Waals surface area contributed by atoms with Gasteiger partial charge in [0.2, 0.25) is 0 Å². The number of nitrogens with zero attached hydrogens (tertiary/aromatic N) is 4. The molecule has 5 nitrogen and oxygen atoms in total. The van der Waals surface area contributed by atoms with Crippen molar-refractivity contribution in [3.8, 4) is 5.69 Å². The van der Waals surface area contributed by atoms with Crippen LogP contribution in [-0.4, -0.2) is 53.2 Å². The minimum absolute atomic E-state index is 0. The molecule has 0 saturated carbocycles. The van der Waals surface area contributed by atoms with Crippen LogP contribution in [0.4, 0.5) is 5.69 Å². The van der Waals surface area contributed by atoms with E-state index in [0.29, 0.717) is 22.0 Å². The molecule has 2 heterocycles. The van der Waals surface area contributed by atoms with E-state index in [4.69, 9.17) is 23.2 Å². The van der Waals surface area contributed by atoms with Crippen LogP contribution in [0.15, 0.2) is 54.7 Å². The first-order valence-electron chi connectivity index (χ1n) is 10.1. The molecule has 3 aromatic rings. The number of carbonyl (C=O) groups is 1. The van der Waals surface area contributed by atoms with Gasteiger partial charge in [0, 0.05) is 54.9 Å². The topological polar surface area (TPSA) is 41.4 Å². The molecule has 0 amide bonds. The fraction of sp³-hybridized carbons (Fsp3) is 0.304. The molecule has 1 fully saturated rings. The molecular weight excluding hydrogens is 455 g/mol. The molecule has 1 aliphatic heterocycles. The molecule has 1 saturated heterocycles. The Balaban J connectivity index is 0.00000272. The maximum atomic E-state index is 12.8. The fourth-order valence-corrected chi connectivity index (χ4v) is 4.37. The van der Waals surface area contributed by atoms with E-state index in [1.54, 1.807) is 12.3 Å². The molecule has 31 heavy (non-hydrogen) atoms. The van der Waals surface area contributed by atoms with Crippen molar-refractivity contribution in [1.82, 2.24) is 14.7 Å². The molecule has 0 aliphatic carbocycles. The Bertz CT molecular complexity index is 1010. The largest absolute Gasteiger partial charge is 0.369 e. The number of ketones is 1. The van der Waals surface area contributed by atoms with Gasteiger partial charge >= 0.3 is 0 Å². The number of carbonyl (C=O) groups excluding carboxylic acids is 1. The van der Waals surface area contributed by atoms with Crippen molar-refractivity contribution in [3.63, 3.8) is 0 Å². The highest BCUT2D eigenvalue weighted by Crippen LogP contribution is 2.26. The molecule has 0 bridgehead atoms. The van der Waals surface area contributed by atoms with Crippen LogP contribution in [0.5, 0.6) is 0 Å². The molecule has 0 N–H and O–H groups in total. The van der Waals surface area contributed by atoms with Gasteiger partial charge in [0.05, 0.1) is 23.1 Å². The number of Topliss-reactive ketones (excluding diaryl/α,β-unsaturated/α-hetero) is 1. The third-order valence-corrected chi connectivity index (χ3v) is 5.99. The Morgan fingerprint density at radius 3 is 2.26 bits per heavy atom. The number of aromatic nitrogens is 2. The van der Waals surface area contributed by atoms with E-state index in [9.17, 15) is 4.79 Å². The number of hydrogen-bond donors (Lipinski definition) is 0. The summed E-state index contributed by atoms with van der Waals surface area (Å²) in [6, 6.07) is 15.5. The average Bonchev–Trinajstić information content (AvgIpc) is 3.14. The highest BCUT2D eigenvalue weighted by molar-refractivity contribution is 6.35. The van der Waals surface area contributed by atoms with Gasteiger partial charge in [0.15, 0.2) is 5.78 Å². The van der Waals surface area contributed by atoms with Gasteiger partial charge in [-0.1, -0.05) is 41.4 Å². The standard InChI is InChI=1S/C23H24Cl2N4O.ClH/c1-17-22(16-26-29(17)20-5-3-2-4-6-20)23(30)7-8-27-9-11-28(12-10-27)21-14-18(24)13-19(25)15-21;/h2-6,13-16H,7-12H2,1H3;1H. The fourth-order valence-electron chi connectivity index (χ4n) is 3.86. The molecule has 2 aromatic carbocycles. The van der Waals surface area contributed by atoms with Crippen molar-refractivity contribution < 1.29 is 4.79 Å². The maximum Gasteiger partial charge on any atom is 0.167 e. The van der Waals surface area contributed by atoms with Crippen molar-refractivity contribution in [2.45, 2.75) is 13.3 Å². The van der Waals surface area contributed by atoms with Gasteiger partial charge in [-0.15, -0.1) is 12.4 Å². The van der Waals surface area contributed by atoms with Gasteiger partial charge < -0.3 is 4.90 Å². The second-order valence-corrected chi connectivity index (χ2v) is 8.39. The lowest BCUT2D eigenvalue weighted by molar-refractivity contribution is 0.0962. The summed E-state index contributed by atoms with van der Waals surface area (Å²) in [4.78, 5) is 17.4. The Hall–Kier alpha value is -2.05. The van der Waals surface area contributed by atoms with E-state index in [-0.39, 0.29) is 18.2 Å². The van der Waals surface area contributed by atoms with Crippen LogP contribution in [0, 0.1) is 6.92 Å². The Kier molecular flexibility index (Phi) is 8.00. The number of benzene rings is 2. The Morgan fingerprint density at radius 1 is 0.968 bits per heavy atom. The summed E-state index contributed by atoms with van der Waals surface area (Å²) in [5.41, 5.74) is 3.60. The lowest BCUT2D eigenvalue weighted by Gasteiger charge is -2.36. The van der Waals surface area contributed by atoms with Gasteiger partial charge in [-0.05, 0) is 37.3 Å². The molecule has 0 atom stereocenters. The first-order chi connectivity index (χ1) is 14.5. The Morgan fingerprint density at radius 2 is 1.61 bits per heavy atom. The summed E-state index contributed by atoms with van der Waals surface area (Å²) in [7, 11) is 0. The average molecular weight is 480 g/mol. The zero-order chi connectivity index (χ0) is 21.1. The number of halogens is 3. The Labute approximate surface area is 199 Å². The van der Waals surface area contributed by atoms with Crippen molar-refractivity contribution in [2.75, 3.05) is 37.6 Å². The van der Waals surface area contributed by atoms with Gasteiger partial charge in [-0.25, -0.2) is 4.68 Å². The van der Waals surface area contributed by atoms with E-state index in [1.807, 2.05) is 54.1 Å². The number of para-hydroxylation sites is 1. The third kappa shape index (κ3) is 5.60. The molecular formula is C23H25Cl3N4O. The van der Waals surface area contributed by atoms with Gasteiger partial charge in [0.25, 0.3) is 0 Å². The molecule has 164 valence electrons. The third-order valence-electron chi connectivity index (χ3n) is 5.55. The molecule has 8 heteroatoms. The first-order valence-corrected chi connectivity index (χ1v) is 10.8. The SMILES string of the molecule is Cc1c(C(=O)CCN2CCN(c3cc(Cl)cc(Cl)c3)CC2)cnn1-c1ccccc1.Cl. The van der Waals surface area contributed by atoms with E-state index in [1.165, 1.54) is 0 Å². The summed E-state index contributed by atoms with van der Waals surface area (Å²) in [6.45, 7) is 6.27. The first kappa shape index (κ1) is 23.6. The molecule has 1 aromatic heterocycles. The summed E-state index contributed by atoms with van der Waals surface area (Å²) in [5, 5.41) is 5.71. The van der Waals surface area contributed by atoms with Crippen LogP contribution in [-0.2, 0) is 0 Å². The number of piperazine rings is 1. The summed E-state index contributed by atoms with van der Waals surface area (Å²) >= 11 is 12.3. The van der Waals surface area contributed by atoms with Crippen LogP contribution in [0.2, 0.25) is 10.0 Å². The van der Waals surface area contributed by atoms with Crippen molar-refractivity contribution in [3.05, 3.63) is 76.0 Å². The van der Waals surface area contributed by atoms with E-state index in [0.717, 1.165) is 49.8 Å². The number of hydrogen-bond acceptors (Lipinski definition) is 4. The lowest BCUT2D eigenvalue weighted by Crippen LogP contribution is -2.46. The van der Waals surface area contributed by atoms with Crippen LogP contribution >= 0.6 is 35.6 Å². The van der Waals surface area contributed by atoms with Crippen molar-refractivity contribution >= 4 is 47.1 Å². The highest BCUT2D eigenvalue weighted by Gasteiger charge is 2.20. The van der Waals surface area contributed by atoms with Crippen LogP contribution in [0.3, 0.4) is 0 Å². The van der Waals surface area contributed by atoms with Crippen molar-refractivity contribution in [2.24, 2.45) is 0 Å². The van der Waals surface area contributed by atoms with Crippen molar-refractivity contribution in [1.29, 1.82) is 0 Å². The van der Waals surface area contributed by atoms with Crippen LogP contribution in [0.25, 0.3) is 5.69 Å². The maximum absolute atomic E-state index is 12.8. The second-order valence-electron chi connectivity index (χ2n) is 7.52. The molecule has 0 unspecified atom stereocenters. The minimum Gasteiger partial charge on any atom is -0.369 e. The van der Waals surface area contributed by atoms with Crippen LogP contribution < -0.4 is 4.90 Å². The van der Waals surface area contributed by atoms with E-state index in [2.05, 4.69) is 14.9 Å². The minimum atomic E-state index is 0. The summed E-state index contributed by atoms with van der Waals surface area (Å²) in [6.07, 6.45) is 2.18. The van der Waals surface area contributed by atoms with E-state index < -0.39 is 0 Å². The molecule has 0 spiro atoms. The number of rotatable bonds is 6. The molecule has 0 radical (unpaired) electrons. The highest BCUT2D eigenvalue weighted by atomic mass is 35.5. The normalized spacial score (nSPS) is 14.4. The zero-order valence-corrected chi connectivity index (χ0v) is 19.6. The van der Waals surface area contributed by atoms with E-state index >= 15 is 0 Å². The molecule has 4 rings (SSSR count). The van der Waals surface area contributed by atoms with Gasteiger partial charge in [0.1, 0.15) is 0 Å². The van der Waals surface area contributed by atoms with Crippen LogP contribution in [0.1, 0.15) is 22.5 Å². The summed E-state index contributed by atoms with van der Waals surface area (Å²) < 4.78 is 1.82. The summed E-state index contributed by atoms with van der Waals surface area (Å²) in [5.74, 6) is 0.138. The number of anilines is 1. The lowest BCUT2D eigenvalue weighted by atomic mass is 10.1. The quantitative estimate of drug-likeness (QED) is 0.450.